The number of carbonyl (C=O) groups excluding carboxylic acids is 1. The number of rotatable bonds is 6. The van der Waals surface area contributed by atoms with Crippen molar-refractivity contribution in [1.82, 2.24) is 5.32 Å². The zero-order valence-corrected chi connectivity index (χ0v) is 13.3. The van der Waals surface area contributed by atoms with E-state index in [2.05, 4.69) is 5.32 Å². The summed E-state index contributed by atoms with van der Waals surface area (Å²) < 4.78 is 0. The highest BCUT2D eigenvalue weighted by atomic mass is 35.5. The van der Waals surface area contributed by atoms with E-state index in [0.29, 0.717) is 17.9 Å². The highest BCUT2D eigenvalue weighted by molar-refractivity contribution is 6.30. The number of benzene rings is 2. The molecule has 1 amide bonds. The van der Waals surface area contributed by atoms with Gasteiger partial charge in [0.1, 0.15) is 0 Å². The number of hydrogen-bond donors (Lipinski definition) is 2. The summed E-state index contributed by atoms with van der Waals surface area (Å²) in [6.07, 6.45) is 0.396. The predicted octanol–water partition coefficient (Wildman–Crippen LogP) is 3.43. The van der Waals surface area contributed by atoms with Crippen molar-refractivity contribution >= 4 is 17.5 Å². The molecule has 0 fully saturated rings. The van der Waals surface area contributed by atoms with Gasteiger partial charge in [0, 0.05) is 18.0 Å². The third-order valence-corrected chi connectivity index (χ3v) is 3.88. The average Bonchev–Trinajstić information content (AvgIpc) is 2.52. The lowest BCUT2D eigenvalue weighted by molar-refractivity contribution is -0.121. The van der Waals surface area contributed by atoms with E-state index < -0.39 is 6.10 Å². The minimum absolute atomic E-state index is 0.0590. The molecule has 2 N–H and O–H groups in total. The zero-order valence-electron chi connectivity index (χ0n) is 12.6. The number of hydrogen-bond acceptors (Lipinski definition) is 2. The Balaban J connectivity index is 1.78. The highest BCUT2D eigenvalue weighted by Crippen LogP contribution is 2.16. The maximum absolute atomic E-state index is 11.9. The van der Waals surface area contributed by atoms with Crippen molar-refractivity contribution in [3.8, 4) is 0 Å². The van der Waals surface area contributed by atoms with Crippen molar-refractivity contribution in [2.24, 2.45) is 0 Å². The van der Waals surface area contributed by atoms with E-state index in [4.69, 9.17) is 11.6 Å². The summed E-state index contributed by atoms with van der Waals surface area (Å²) in [5.74, 6) is -0.0590. The van der Waals surface area contributed by atoms with Gasteiger partial charge in [0.25, 0.3) is 0 Å². The van der Waals surface area contributed by atoms with Crippen LogP contribution in [0.25, 0.3) is 0 Å². The fraction of sp³-hybridized carbons (Fsp3) is 0.278. The SMILES string of the molecule is Cc1ccccc1CCC(=O)NCC(O)c1ccc(Cl)cc1. The van der Waals surface area contributed by atoms with Gasteiger partial charge < -0.3 is 10.4 Å². The maximum atomic E-state index is 11.9. The number of nitrogens with one attached hydrogen (secondary N) is 1. The molecule has 4 heteroatoms. The van der Waals surface area contributed by atoms with Crippen molar-refractivity contribution in [2.75, 3.05) is 6.54 Å². The summed E-state index contributed by atoms with van der Waals surface area (Å²) >= 11 is 5.80. The van der Waals surface area contributed by atoms with Gasteiger partial charge in [-0.3, -0.25) is 4.79 Å². The van der Waals surface area contributed by atoms with Crippen LogP contribution in [0.3, 0.4) is 0 Å². The highest BCUT2D eigenvalue weighted by Gasteiger charge is 2.10. The largest absolute Gasteiger partial charge is 0.387 e. The lowest BCUT2D eigenvalue weighted by Crippen LogP contribution is -2.28. The minimum atomic E-state index is -0.723. The van der Waals surface area contributed by atoms with E-state index in [0.717, 1.165) is 5.56 Å². The molecule has 0 aliphatic heterocycles. The van der Waals surface area contributed by atoms with Crippen molar-refractivity contribution in [3.05, 3.63) is 70.2 Å². The molecule has 0 saturated carbocycles. The van der Waals surface area contributed by atoms with Crippen LogP contribution in [-0.4, -0.2) is 17.6 Å². The summed E-state index contributed by atoms with van der Waals surface area (Å²) in [5, 5.41) is 13.4. The van der Waals surface area contributed by atoms with Gasteiger partial charge in [-0.2, -0.15) is 0 Å². The molecule has 0 aromatic heterocycles. The van der Waals surface area contributed by atoms with Crippen LogP contribution >= 0.6 is 11.6 Å². The number of carbonyl (C=O) groups is 1. The molecule has 0 saturated heterocycles. The molecule has 2 aromatic rings. The first-order valence-corrected chi connectivity index (χ1v) is 7.69. The van der Waals surface area contributed by atoms with Gasteiger partial charge in [-0.25, -0.2) is 0 Å². The first kappa shape index (κ1) is 16.5. The Morgan fingerprint density at radius 3 is 2.55 bits per heavy atom. The Morgan fingerprint density at radius 1 is 1.18 bits per heavy atom. The summed E-state index contributed by atoms with van der Waals surface area (Å²) in [5.41, 5.74) is 3.11. The molecule has 0 bridgehead atoms. The molecule has 116 valence electrons. The summed E-state index contributed by atoms with van der Waals surface area (Å²) in [6.45, 7) is 2.24. The van der Waals surface area contributed by atoms with Crippen LogP contribution < -0.4 is 5.32 Å². The second-order valence-corrected chi connectivity index (χ2v) is 5.73. The lowest BCUT2D eigenvalue weighted by Gasteiger charge is -2.12. The van der Waals surface area contributed by atoms with Crippen LogP contribution in [0.5, 0.6) is 0 Å². The van der Waals surface area contributed by atoms with Crippen molar-refractivity contribution < 1.29 is 9.90 Å². The zero-order chi connectivity index (χ0) is 15.9. The molecule has 0 aliphatic rings. The van der Waals surface area contributed by atoms with Crippen LogP contribution in [0.1, 0.15) is 29.2 Å². The van der Waals surface area contributed by atoms with Gasteiger partial charge in [-0.15, -0.1) is 0 Å². The smallest absolute Gasteiger partial charge is 0.220 e. The Morgan fingerprint density at radius 2 is 1.86 bits per heavy atom. The standard InChI is InChI=1S/C18H20ClNO2/c1-13-4-2-3-5-14(13)8-11-18(22)20-12-17(21)15-6-9-16(19)10-7-15/h2-7,9-10,17,21H,8,11-12H2,1H3,(H,20,22). The van der Waals surface area contributed by atoms with Crippen LogP contribution in [-0.2, 0) is 11.2 Å². The molecule has 1 atom stereocenters. The molecular weight excluding hydrogens is 298 g/mol. The van der Waals surface area contributed by atoms with Crippen LogP contribution in [0.2, 0.25) is 5.02 Å². The number of aliphatic hydroxyl groups is 1. The molecule has 2 aromatic carbocycles. The average molecular weight is 318 g/mol. The monoisotopic (exact) mass is 317 g/mol. The van der Waals surface area contributed by atoms with E-state index in [1.165, 1.54) is 11.1 Å². The van der Waals surface area contributed by atoms with E-state index in [1.54, 1.807) is 24.3 Å². The van der Waals surface area contributed by atoms with Crippen LogP contribution in [0.4, 0.5) is 0 Å². The Kier molecular flexibility index (Phi) is 5.99. The predicted molar refractivity (Wildman–Crippen MR) is 88.9 cm³/mol. The Hall–Kier alpha value is -1.84. The Bertz CT molecular complexity index is 625. The lowest BCUT2D eigenvalue weighted by atomic mass is 10.0. The van der Waals surface area contributed by atoms with E-state index >= 15 is 0 Å². The first-order chi connectivity index (χ1) is 10.6. The van der Waals surface area contributed by atoms with Gasteiger partial charge in [-0.05, 0) is 42.2 Å². The molecular formula is C18H20ClNO2. The number of halogens is 1. The molecule has 2 rings (SSSR count). The molecule has 3 nitrogen and oxygen atoms in total. The van der Waals surface area contributed by atoms with Crippen LogP contribution in [0.15, 0.2) is 48.5 Å². The molecule has 0 spiro atoms. The molecule has 22 heavy (non-hydrogen) atoms. The second-order valence-electron chi connectivity index (χ2n) is 5.30. The quantitative estimate of drug-likeness (QED) is 0.857. The topological polar surface area (TPSA) is 49.3 Å². The number of aliphatic hydroxyl groups excluding tert-OH is 1. The summed E-state index contributed by atoms with van der Waals surface area (Å²) in [6, 6.07) is 15.0. The van der Waals surface area contributed by atoms with E-state index in [1.807, 2.05) is 31.2 Å². The fourth-order valence-electron chi connectivity index (χ4n) is 2.24. The summed E-state index contributed by atoms with van der Waals surface area (Å²) in [4.78, 5) is 11.9. The number of amides is 1. The van der Waals surface area contributed by atoms with Gasteiger partial charge in [0.05, 0.1) is 6.10 Å². The van der Waals surface area contributed by atoms with Crippen LogP contribution in [0, 0.1) is 6.92 Å². The van der Waals surface area contributed by atoms with Crippen molar-refractivity contribution in [1.29, 1.82) is 0 Å². The Labute approximate surface area is 135 Å². The van der Waals surface area contributed by atoms with Gasteiger partial charge >= 0.3 is 0 Å². The first-order valence-electron chi connectivity index (χ1n) is 7.31. The van der Waals surface area contributed by atoms with E-state index in [-0.39, 0.29) is 12.5 Å². The minimum Gasteiger partial charge on any atom is -0.387 e. The van der Waals surface area contributed by atoms with Gasteiger partial charge in [0.2, 0.25) is 5.91 Å². The van der Waals surface area contributed by atoms with E-state index in [9.17, 15) is 9.90 Å². The maximum Gasteiger partial charge on any atom is 0.220 e. The second kappa shape index (κ2) is 7.97. The molecule has 0 aliphatic carbocycles. The molecule has 0 radical (unpaired) electrons. The number of aryl methyl sites for hydroxylation is 2. The van der Waals surface area contributed by atoms with Crippen molar-refractivity contribution in [3.63, 3.8) is 0 Å². The summed E-state index contributed by atoms with van der Waals surface area (Å²) in [7, 11) is 0. The third-order valence-electron chi connectivity index (χ3n) is 3.63. The van der Waals surface area contributed by atoms with Gasteiger partial charge in [0.15, 0.2) is 0 Å². The third kappa shape index (κ3) is 4.86. The fourth-order valence-corrected chi connectivity index (χ4v) is 2.37. The van der Waals surface area contributed by atoms with Gasteiger partial charge in [-0.1, -0.05) is 48.0 Å². The molecule has 0 heterocycles. The van der Waals surface area contributed by atoms with Crippen molar-refractivity contribution in [2.45, 2.75) is 25.9 Å². The molecule has 1 unspecified atom stereocenters. The normalized spacial score (nSPS) is 12.0.